The van der Waals surface area contributed by atoms with Crippen molar-refractivity contribution in [2.45, 2.75) is 6.18 Å². The quantitative estimate of drug-likeness (QED) is 0.805. The van der Waals surface area contributed by atoms with Gasteiger partial charge in [-0.1, -0.05) is 0 Å². The van der Waals surface area contributed by atoms with E-state index in [0.29, 0.717) is 18.9 Å². The third kappa shape index (κ3) is 5.50. The van der Waals surface area contributed by atoms with E-state index in [1.165, 1.54) is 7.05 Å². The lowest BCUT2D eigenvalue weighted by molar-refractivity contribution is -0.137. The number of carbonyl (C=O) groups excluding carboxylic acids is 2. The Kier molecular flexibility index (Phi) is 6.61. The smallest absolute Gasteiger partial charge is 0.378 e. The summed E-state index contributed by atoms with van der Waals surface area (Å²) in [6.45, 7) is 2.74. The molecule has 0 atom stereocenters. The normalized spacial score (nSPS) is 14.3. The highest BCUT2D eigenvalue weighted by molar-refractivity contribution is 5.99. The van der Waals surface area contributed by atoms with E-state index in [2.05, 4.69) is 10.2 Å². The van der Waals surface area contributed by atoms with Crippen LogP contribution in [0.25, 0.3) is 0 Å². The van der Waals surface area contributed by atoms with Gasteiger partial charge in [-0.15, -0.1) is 0 Å². The summed E-state index contributed by atoms with van der Waals surface area (Å²) in [6, 6.07) is 11.2. The Hall–Kier alpha value is -3.07. The fourth-order valence-corrected chi connectivity index (χ4v) is 3.09. The first-order valence-corrected chi connectivity index (χ1v) is 9.39. The molecule has 1 heterocycles. The monoisotopic (exact) mass is 421 g/mol. The van der Waals surface area contributed by atoms with Crippen LogP contribution in [0.2, 0.25) is 0 Å². The van der Waals surface area contributed by atoms with E-state index in [1.807, 2.05) is 12.1 Å². The van der Waals surface area contributed by atoms with Crippen molar-refractivity contribution < 1.29 is 27.5 Å². The van der Waals surface area contributed by atoms with E-state index >= 15 is 0 Å². The average Bonchev–Trinajstić information content (AvgIpc) is 2.73. The Morgan fingerprint density at radius 1 is 1.03 bits per heavy atom. The van der Waals surface area contributed by atoms with Gasteiger partial charge in [0, 0.05) is 37.1 Å². The maximum Gasteiger partial charge on any atom is 0.416 e. The number of nitrogens with zero attached hydrogens (tertiary/aromatic N) is 2. The Labute approximate surface area is 172 Å². The highest BCUT2D eigenvalue weighted by atomic mass is 19.4. The number of morpholine rings is 1. The highest BCUT2D eigenvalue weighted by Crippen LogP contribution is 2.29. The summed E-state index contributed by atoms with van der Waals surface area (Å²) in [7, 11) is 1.42. The molecule has 0 unspecified atom stereocenters. The highest BCUT2D eigenvalue weighted by Gasteiger charge is 2.30. The summed E-state index contributed by atoms with van der Waals surface area (Å²) in [5, 5.41) is 2.71. The van der Waals surface area contributed by atoms with Crippen LogP contribution in [0.4, 0.5) is 24.5 Å². The van der Waals surface area contributed by atoms with Gasteiger partial charge in [0.1, 0.15) is 0 Å². The van der Waals surface area contributed by atoms with Crippen molar-refractivity contribution in [2.75, 3.05) is 50.1 Å². The molecule has 2 aromatic carbocycles. The number of likely N-dealkylation sites (N-methyl/N-ethyl adjacent to an activating group) is 1. The molecule has 0 radical (unpaired) electrons. The molecule has 6 nitrogen and oxygen atoms in total. The SMILES string of the molecule is CN(CC(=O)Nc1ccc(N2CCOCC2)cc1)C(=O)c1ccc(C(F)(F)F)cc1. The molecule has 1 N–H and O–H groups in total. The van der Waals surface area contributed by atoms with Crippen LogP contribution in [0.1, 0.15) is 15.9 Å². The molecule has 0 saturated carbocycles. The lowest BCUT2D eigenvalue weighted by Gasteiger charge is -2.28. The van der Waals surface area contributed by atoms with Gasteiger partial charge in [0.05, 0.1) is 25.3 Å². The van der Waals surface area contributed by atoms with Gasteiger partial charge in [0.15, 0.2) is 0 Å². The Bertz CT molecular complexity index is 877. The van der Waals surface area contributed by atoms with Gasteiger partial charge in [-0.3, -0.25) is 9.59 Å². The Morgan fingerprint density at radius 3 is 2.20 bits per heavy atom. The van der Waals surface area contributed by atoms with Crippen molar-refractivity contribution in [2.24, 2.45) is 0 Å². The minimum absolute atomic E-state index is 0.0770. The number of halogens is 3. The first-order chi connectivity index (χ1) is 14.2. The van der Waals surface area contributed by atoms with Crippen LogP contribution in [0.3, 0.4) is 0 Å². The van der Waals surface area contributed by atoms with Crippen LogP contribution in [0.5, 0.6) is 0 Å². The van der Waals surface area contributed by atoms with E-state index in [1.54, 1.807) is 12.1 Å². The molecule has 3 rings (SSSR count). The molecular weight excluding hydrogens is 399 g/mol. The summed E-state index contributed by atoms with van der Waals surface area (Å²) in [6.07, 6.45) is -4.47. The number of amides is 2. The van der Waals surface area contributed by atoms with Crippen LogP contribution in [0, 0.1) is 0 Å². The van der Waals surface area contributed by atoms with Gasteiger partial charge in [0.25, 0.3) is 5.91 Å². The molecule has 0 aliphatic carbocycles. The number of nitrogens with one attached hydrogen (secondary N) is 1. The summed E-state index contributed by atoms with van der Waals surface area (Å²) < 4.78 is 43.2. The summed E-state index contributed by atoms with van der Waals surface area (Å²) in [4.78, 5) is 28.0. The fraction of sp³-hybridized carbons (Fsp3) is 0.333. The molecule has 160 valence electrons. The largest absolute Gasteiger partial charge is 0.416 e. The predicted octanol–water partition coefficient (Wildman–Crippen LogP) is 3.25. The molecule has 0 bridgehead atoms. The zero-order chi connectivity index (χ0) is 21.7. The average molecular weight is 421 g/mol. The molecule has 0 spiro atoms. The second-order valence-corrected chi connectivity index (χ2v) is 6.93. The molecule has 1 aliphatic heterocycles. The topological polar surface area (TPSA) is 61.9 Å². The number of hydrogen-bond donors (Lipinski definition) is 1. The van der Waals surface area contributed by atoms with Crippen LogP contribution in [-0.4, -0.2) is 56.6 Å². The number of benzene rings is 2. The van der Waals surface area contributed by atoms with Crippen LogP contribution in [0.15, 0.2) is 48.5 Å². The molecule has 1 saturated heterocycles. The van der Waals surface area contributed by atoms with Gasteiger partial charge < -0.3 is 19.9 Å². The number of alkyl halides is 3. The van der Waals surface area contributed by atoms with Crippen molar-refractivity contribution in [3.63, 3.8) is 0 Å². The van der Waals surface area contributed by atoms with Gasteiger partial charge in [-0.25, -0.2) is 0 Å². The molecule has 9 heteroatoms. The van der Waals surface area contributed by atoms with Crippen molar-refractivity contribution in [1.29, 1.82) is 0 Å². The Balaban J connectivity index is 1.54. The number of anilines is 2. The van der Waals surface area contributed by atoms with Crippen molar-refractivity contribution in [1.82, 2.24) is 4.90 Å². The third-order valence-electron chi connectivity index (χ3n) is 4.71. The molecule has 1 aliphatic rings. The first-order valence-electron chi connectivity index (χ1n) is 9.39. The zero-order valence-electron chi connectivity index (χ0n) is 16.4. The Morgan fingerprint density at radius 2 is 1.63 bits per heavy atom. The van der Waals surface area contributed by atoms with E-state index < -0.39 is 23.6 Å². The first kappa shape index (κ1) is 21.6. The van der Waals surface area contributed by atoms with Crippen molar-refractivity contribution in [3.05, 3.63) is 59.7 Å². The number of rotatable bonds is 5. The standard InChI is InChI=1S/C21H22F3N3O3/c1-26(20(29)15-2-4-16(5-3-15)21(22,23)24)14-19(28)25-17-6-8-18(9-7-17)27-10-12-30-13-11-27/h2-9H,10-14H2,1H3,(H,25,28). The van der Waals surface area contributed by atoms with Crippen LogP contribution in [-0.2, 0) is 15.7 Å². The second-order valence-electron chi connectivity index (χ2n) is 6.93. The summed E-state index contributed by atoms with van der Waals surface area (Å²) in [5.41, 5.74) is 0.867. The number of carbonyl (C=O) groups is 2. The third-order valence-corrected chi connectivity index (χ3v) is 4.71. The number of ether oxygens (including phenoxy) is 1. The number of hydrogen-bond acceptors (Lipinski definition) is 4. The van der Waals surface area contributed by atoms with Crippen molar-refractivity contribution in [3.8, 4) is 0 Å². The lowest BCUT2D eigenvalue weighted by Crippen LogP contribution is -2.36. The van der Waals surface area contributed by atoms with Gasteiger partial charge in [-0.05, 0) is 48.5 Å². The molecular formula is C21H22F3N3O3. The van der Waals surface area contributed by atoms with Crippen molar-refractivity contribution >= 4 is 23.2 Å². The van der Waals surface area contributed by atoms with E-state index in [9.17, 15) is 22.8 Å². The van der Waals surface area contributed by atoms with Crippen LogP contribution >= 0.6 is 0 Å². The minimum Gasteiger partial charge on any atom is -0.378 e. The van der Waals surface area contributed by atoms with E-state index in [-0.39, 0.29) is 12.1 Å². The second kappa shape index (κ2) is 9.17. The van der Waals surface area contributed by atoms with Gasteiger partial charge >= 0.3 is 6.18 Å². The van der Waals surface area contributed by atoms with E-state index in [0.717, 1.165) is 47.9 Å². The molecule has 1 fully saturated rings. The van der Waals surface area contributed by atoms with E-state index in [4.69, 9.17) is 4.74 Å². The maximum atomic E-state index is 12.6. The molecule has 2 aromatic rings. The summed E-state index contributed by atoms with van der Waals surface area (Å²) >= 11 is 0. The fourth-order valence-electron chi connectivity index (χ4n) is 3.09. The molecule has 0 aromatic heterocycles. The predicted molar refractivity (Wildman–Crippen MR) is 107 cm³/mol. The zero-order valence-corrected chi connectivity index (χ0v) is 16.4. The van der Waals surface area contributed by atoms with Gasteiger partial charge in [0.2, 0.25) is 5.91 Å². The minimum atomic E-state index is -4.47. The van der Waals surface area contributed by atoms with Crippen LogP contribution < -0.4 is 10.2 Å². The summed E-state index contributed by atoms with van der Waals surface area (Å²) in [5.74, 6) is -0.946. The van der Waals surface area contributed by atoms with Gasteiger partial charge in [-0.2, -0.15) is 13.2 Å². The molecule has 2 amide bonds. The molecule has 30 heavy (non-hydrogen) atoms. The lowest BCUT2D eigenvalue weighted by atomic mass is 10.1. The maximum absolute atomic E-state index is 12.6.